The molecule has 2 aliphatic rings. The van der Waals surface area contributed by atoms with Gasteiger partial charge in [-0.3, -0.25) is 0 Å². The number of carbonyl (C=O) groups is 1. The molecule has 5 heteroatoms. The number of carbonyl (C=O) groups excluding carboxylic acids is 1. The van der Waals surface area contributed by atoms with Crippen LogP contribution in [0.25, 0.3) is 0 Å². The van der Waals surface area contributed by atoms with Gasteiger partial charge in [-0.05, 0) is 67.2 Å². The van der Waals surface area contributed by atoms with E-state index >= 15 is 0 Å². The molecule has 2 fully saturated rings. The minimum Gasteiger partial charge on any atom is -0.444 e. The minimum atomic E-state index is -0.725. The summed E-state index contributed by atoms with van der Waals surface area (Å²) in [7, 11) is 0. The lowest BCUT2D eigenvalue weighted by molar-refractivity contribution is -0.0594. The average molecular weight is 312 g/mol. The lowest BCUT2D eigenvalue weighted by Gasteiger charge is -2.44. The molecule has 0 aromatic heterocycles. The van der Waals surface area contributed by atoms with Crippen LogP contribution in [-0.4, -0.2) is 51.5 Å². The van der Waals surface area contributed by atoms with E-state index in [1.807, 2.05) is 25.7 Å². The van der Waals surface area contributed by atoms with Crippen LogP contribution in [0.3, 0.4) is 0 Å². The lowest BCUT2D eigenvalue weighted by atomic mass is 9.85. The zero-order valence-electron chi connectivity index (χ0n) is 14.9. The number of hydrogen-bond acceptors (Lipinski definition) is 4. The predicted molar refractivity (Wildman–Crippen MR) is 86.8 cm³/mol. The number of ether oxygens (including phenoxy) is 1. The number of rotatable bonds is 2. The fourth-order valence-corrected chi connectivity index (χ4v) is 3.51. The van der Waals surface area contributed by atoms with E-state index < -0.39 is 11.2 Å². The van der Waals surface area contributed by atoms with Gasteiger partial charge >= 0.3 is 6.09 Å². The maximum absolute atomic E-state index is 12.4. The van der Waals surface area contributed by atoms with Crippen molar-refractivity contribution in [3.8, 4) is 0 Å². The van der Waals surface area contributed by atoms with Gasteiger partial charge in [0.2, 0.25) is 0 Å². The Kier molecular flexibility index (Phi) is 4.53. The zero-order valence-corrected chi connectivity index (χ0v) is 14.9. The summed E-state index contributed by atoms with van der Waals surface area (Å²) in [5, 5.41) is 14.3. The van der Waals surface area contributed by atoms with Gasteiger partial charge < -0.3 is 20.1 Å². The highest BCUT2D eigenvalue weighted by atomic mass is 16.6. The van der Waals surface area contributed by atoms with Gasteiger partial charge in [-0.2, -0.15) is 0 Å². The summed E-state index contributed by atoms with van der Waals surface area (Å²) in [5.41, 5.74) is -1.22. The van der Waals surface area contributed by atoms with E-state index in [1.165, 1.54) is 0 Å². The second-order valence-corrected chi connectivity index (χ2v) is 9.01. The molecule has 22 heavy (non-hydrogen) atoms. The Bertz CT molecular complexity index is 409. The summed E-state index contributed by atoms with van der Waals surface area (Å²) in [6, 6.07) is 0.195. The van der Waals surface area contributed by atoms with E-state index in [2.05, 4.69) is 26.1 Å². The van der Waals surface area contributed by atoms with Crippen LogP contribution >= 0.6 is 0 Å². The molecule has 0 aliphatic carbocycles. The maximum Gasteiger partial charge on any atom is 0.410 e. The molecule has 2 N–H and O–H groups in total. The summed E-state index contributed by atoms with van der Waals surface area (Å²) in [4.78, 5) is 14.3. The molecule has 128 valence electrons. The largest absolute Gasteiger partial charge is 0.444 e. The van der Waals surface area contributed by atoms with Crippen LogP contribution < -0.4 is 5.32 Å². The first-order valence-corrected chi connectivity index (χ1v) is 8.37. The second kappa shape index (κ2) is 5.68. The van der Waals surface area contributed by atoms with Gasteiger partial charge in [-0.15, -0.1) is 0 Å². The van der Waals surface area contributed by atoms with E-state index in [-0.39, 0.29) is 23.7 Å². The van der Waals surface area contributed by atoms with Crippen LogP contribution in [0.15, 0.2) is 0 Å². The fourth-order valence-electron chi connectivity index (χ4n) is 3.51. The van der Waals surface area contributed by atoms with Crippen molar-refractivity contribution in [2.24, 2.45) is 0 Å². The van der Waals surface area contributed by atoms with Crippen molar-refractivity contribution in [1.82, 2.24) is 10.2 Å². The summed E-state index contributed by atoms with van der Waals surface area (Å²) < 4.78 is 5.53. The van der Waals surface area contributed by atoms with E-state index in [4.69, 9.17) is 4.74 Å². The smallest absolute Gasteiger partial charge is 0.410 e. The average Bonchev–Trinajstić information content (AvgIpc) is 2.58. The molecule has 2 rings (SSSR count). The zero-order chi connectivity index (χ0) is 16.8. The van der Waals surface area contributed by atoms with Crippen LogP contribution in [-0.2, 0) is 4.74 Å². The van der Waals surface area contributed by atoms with Crippen molar-refractivity contribution in [2.75, 3.05) is 6.54 Å². The van der Waals surface area contributed by atoms with Crippen molar-refractivity contribution in [3.05, 3.63) is 0 Å². The van der Waals surface area contributed by atoms with Crippen LogP contribution in [0, 0.1) is 0 Å². The molecule has 5 nitrogen and oxygen atoms in total. The molecule has 2 bridgehead atoms. The van der Waals surface area contributed by atoms with Gasteiger partial charge in [0, 0.05) is 24.2 Å². The molecular weight excluding hydrogens is 280 g/mol. The standard InChI is InChI=1S/C17H32N2O3/c1-15(2,3)18-11-17(21)9-12-7-8-13(10-17)19(12)14(20)22-16(4,5)6/h12-13,18,21H,7-11H2,1-6H3. The third-order valence-corrected chi connectivity index (χ3v) is 4.40. The highest BCUT2D eigenvalue weighted by Crippen LogP contribution is 2.41. The monoisotopic (exact) mass is 312 g/mol. The molecule has 0 saturated carbocycles. The molecule has 2 heterocycles. The quantitative estimate of drug-likeness (QED) is 0.823. The number of fused-ring (bicyclic) bond motifs is 2. The number of β-amino-alcohol motifs (C(OH)–C–C–N with tert-alkyl or cyclic N) is 1. The highest BCUT2D eigenvalue weighted by Gasteiger charge is 2.50. The van der Waals surface area contributed by atoms with Crippen LogP contribution in [0.5, 0.6) is 0 Å². The van der Waals surface area contributed by atoms with Crippen molar-refractivity contribution in [1.29, 1.82) is 0 Å². The van der Waals surface area contributed by atoms with E-state index in [1.54, 1.807) is 0 Å². The Morgan fingerprint density at radius 1 is 1.18 bits per heavy atom. The van der Waals surface area contributed by atoms with Crippen LogP contribution in [0.1, 0.15) is 67.2 Å². The Morgan fingerprint density at radius 2 is 1.68 bits per heavy atom. The molecular formula is C17H32N2O3. The number of nitrogens with one attached hydrogen (secondary N) is 1. The summed E-state index contributed by atoms with van der Waals surface area (Å²) in [5.74, 6) is 0. The van der Waals surface area contributed by atoms with Crippen LogP contribution in [0.2, 0.25) is 0 Å². The van der Waals surface area contributed by atoms with E-state index in [0.29, 0.717) is 19.4 Å². The van der Waals surface area contributed by atoms with Gasteiger partial charge in [-0.25, -0.2) is 4.79 Å². The molecule has 2 saturated heterocycles. The van der Waals surface area contributed by atoms with Gasteiger partial charge in [0.1, 0.15) is 5.60 Å². The Labute approximate surface area is 134 Å². The maximum atomic E-state index is 12.4. The van der Waals surface area contributed by atoms with Gasteiger partial charge in [0.05, 0.1) is 5.60 Å². The normalized spacial score (nSPS) is 32.2. The topological polar surface area (TPSA) is 61.8 Å². The van der Waals surface area contributed by atoms with Crippen LogP contribution in [0.4, 0.5) is 4.79 Å². The number of amides is 1. The molecule has 2 unspecified atom stereocenters. The lowest BCUT2D eigenvalue weighted by Crippen LogP contribution is -2.58. The van der Waals surface area contributed by atoms with Gasteiger partial charge in [0.15, 0.2) is 0 Å². The summed E-state index contributed by atoms with van der Waals surface area (Å²) in [6.07, 6.45) is 2.95. The predicted octanol–water partition coefficient (Wildman–Crippen LogP) is 2.67. The van der Waals surface area contributed by atoms with E-state index in [9.17, 15) is 9.90 Å². The highest BCUT2D eigenvalue weighted by molar-refractivity contribution is 5.69. The first-order valence-electron chi connectivity index (χ1n) is 8.37. The van der Waals surface area contributed by atoms with Crippen molar-refractivity contribution >= 4 is 6.09 Å². The minimum absolute atomic E-state index is 0.0168. The molecule has 1 amide bonds. The fraction of sp³-hybridized carbons (Fsp3) is 0.941. The third-order valence-electron chi connectivity index (χ3n) is 4.40. The number of hydrogen-bond donors (Lipinski definition) is 2. The Hall–Kier alpha value is -0.810. The SMILES string of the molecule is CC(C)(C)NCC1(O)CC2CCC(C1)N2C(=O)OC(C)(C)C. The van der Waals surface area contributed by atoms with Gasteiger partial charge in [-0.1, -0.05) is 0 Å². The molecule has 0 aromatic rings. The first kappa shape index (κ1) is 17.5. The number of piperidine rings is 1. The van der Waals surface area contributed by atoms with Crippen molar-refractivity contribution in [2.45, 2.75) is 96.1 Å². The first-order chi connectivity index (χ1) is 9.89. The second-order valence-electron chi connectivity index (χ2n) is 9.01. The third kappa shape index (κ3) is 4.35. The molecule has 0 aromatic carbocycles. The Morgan fingerprint density at radius 3 is 2.09 bits per heavy atom. The molecule has 2 aliphatic heterocycles. The summed E-state index contributed by atoms with van der Waals surface area (Å²) >= 11 is 0. The summed E-state index contributed by atoms with van der Waals surface area (Å²) in [6.45, 7) is 12.5. The number of nitrogens with zero attached hydrogens (tertiary/aromatic N) is 1. The molecule has 0 radical (unpaired) electrons. The molecule has 2 atom stereocenters. The van der Waals surface area contributed by atoms with E-state index in [0.717, 1.165) is 12.8 Å². The Balaban J connectivity index is 2.01. The van der Waals surface area contributed by atoms with Crippen molar-refractivity contribution < 1.29 is 14.6 Å². The molecule has 0 spiro atoms. The number of aliphatic hydroxyl groups is 1. The van der Waals surface area contributed by atoms with Gasteiger partial charge in [0.25, 0.3) is 0 Å². The van der Waals surface area contributed by atoms with Crippen molar-refractivity contribution in [3.63, 3.8) is 0 Å².